The van der Waals surface area contributed by atoms with Crippen LogP contribution in [0.15, 0.2) is 54.6 Å². The summed E-state index contributed by atoms with van der Waals surface area (Å²) in [4.78, 5) is 14.5. The predicted octanol–water partition coefficient (Wildman–Crippen LogP) is 4.99. The van der Waals surface area contributed by atoms with Crippen LogP contribution >= 0.6 is 22.9 Å². The van der Waals surface area contributed by atoms with Gasteiger partial charge in [0.25, 0.3) is 0 Å². The number of halogens is 1. The number of amides is 1. The van der Waals surface area contributed by atoms with Crippen LogP contribution in [0, 0.1) is 6.92 Å². The van der Waals surface area contributed by atoms with Gasteiger partial charge in [0.15, 0.2) is 0 Å². The summed E-state index contributed by atoms with van der Waals surface area (Å²) in [7, 11) is 0. The highest BCUT2D eigenvalue weighted by Crippen LogP contribution is 2.23. The summed E-state index contributed by atoms with van der Waals surface area (Å²) >= 11 is 7.77. The number of nitrogens with zero attached hydrogens (tertiary/aromatic N) is 3. The van der Waals surface area contributed by atoms with Crippen LogP contribution in [0.25, 0.3) is 0 Å². The van der Waals surface area contributed by atoms with Crippen LogP contribution in [0.5, 0.6) is 0 Å². The normalized spacial score (nSPS) is 12.0. The van der Waals surface area contributed by atoms with Gasteiger partial charge in [0.2, 0.25) is 5.91 Å². The van der Waals surface area contributed by atoms with E-state index in [9.17, 15) is 4.79 Å². The number of hydrogen-bond acceptors (Lipinski definition) is 4. The molecule has 3 aromatic rings. The molecule has 1 amide bonds. The molecule has 0 spiro atoms. The lowest BCUT2D eigenvalue weighted by Crippen LogP contribution is -2.36. The zero-order chi connectivity index (χ0) is 19.2. The molecule has 0 saturated carbocycles. The summed E-state index contributed by atoms with van der Waals surface area (Å²) in [6, 6.07) is 17.8. The van der Waals surface area contributed by atoms with Gasteiger partial charge < -0.3 is 4.90 Å². The predicted molar refractivity (Wildman–Crippen MR) is 111 cm³/mol. The van der Waals surface area contributed by atoms with Crippen molar-refractivity contribution in [1.82, 2.24) is 10.2 Å². The molecule has 0 saturated heterocycles. The molecular weight excluding hydrogens is 378 g/mol. The highest BCUT2D eigenvalue weighted by molar-refractivity contribution is 7.11. The smallest absolute Gasteiger partial charge is 0.245 e. The van der Waals surface area contributed by atoms with Crippen LogP contribution < -0.4 is 4.90 Å². The van der Waals surface area contributed by atoms with E-state index in [0.29, 0.717) is 13.0 Å². The number of anilines is 1. The highest BCUT2D eigenvalue weighted by atomic mass is 35.5. The van der Waals surface area contributed by atoms with Gasteiger partial charge in [0.05, 0.1) is 6.54 Å². The first-order valence-corrected chi connectivity index (χ1v) is 10.2. The third-order valence-corrected chi connectivity index (χ3v) is 5.77. The van der Waals surface area contributed by atoms with E-state index < -0.39 is 5.38 Å². The molecule has 1 unspecified atom stereocenters. The zero-order valence-electron chi connectivity index (χ0n) is 15.4. The van der Waals surface area contributed by atoms with Gasteiger partial charge in [-0.25, -0.2) is 0 Å². The van der Waals surface area contributed by atoms with Gasteiger partial charge in [-0.3, -0.25) is 4.79 Å². The van der Waals surface area contributed by atoms with E-state index in [1.807, 2.05) is 49.4 Å². The first-order chi connectivity index (χ1) is 13.1. The van der Waals surface area contributed by atoms with E-state index in [0.717, 1.165) is 22.1 Å². The first-order valence-electron chi connectivity index (χ1n) is 8.94. The van der Waals surface area contributed by atoms with E-state index in [1.165, 1.54) is 22.5 Å². The topological polar surface area (TPSA) is 46.1 Å². The second-order valence-corrected chi connectivity index (χ2v) is 8.00. The number of alkyl halides is 1. The molecule has 0 aliphatic heterocycles. The maximum absolute atomic E-state index is 12.8. The Morgan fingerprint density at radius 1 is 1.07 bits per heavy atom. The average molecular weight is 400 g/mol. The number of para-hydroxylation sites is 1. The fourth-order valence-electron chi connectivity index (χ4n) is 2.78. The summed E-state index contributed by atoms with van der Waals surface area (Å²) in [5, 5.41) is 9.82. The summed E-state index contributed by atoms with van der Waals surface area (Å²) < 4.78 is 0. The third-order valence-electron chi connectivity index (χ3n) is 4.37. The Bertz CT molecular complexity index is 897. The van der Waals surface area contributed by atoms with Gasteiger partial charge in [-0.1, -0.05) is 60.7 Å². The number of carbonyl (C=O) groups is 1. The van der Waals surface area contributed by atoms with E-state index in [4.69, 9.17) is 11.6 Å². The lowest BCUT2D eigenvalue weighted by atomic mass is 10.1. The van der Waals surface area contributed by atoms with Gasteiger partial charge in [-0.15, -0.1) is 21.8 Å². The number of aryl methyl sites for hydroxylation is 1. The second-order valence-electron chi connectivity index (χ2n) is 6.33. The Morgan fingerprint density at radius 2 is 1.74 bits per heavy atom. The van der Waals surface area contributed by atoms with Gasteiger partial charge in [-0.05, 0) is 36.6 Å². The summed E-state index contributed by atoms with van der Waals surface area (Å²) in [6.07, 6.45) is 1.33. The molecule has 27 heavy (non-hydrogen) atoms. The Kier molecular flexibility index (Phi) is 6.58. The van der Waals surface area contributed by atoms with Crippen LogP contribution in [0.2, 0.25) is 0 Å². The van der Waals surface area contributed by atoms with Gasteiger partial charge in [0, 0.05) is 12.1 Å². The molecule has 0 aliphatic carbocycles. The maximum Gasteiger partial charge on any atom is 0.245 e. The molecule has 1 aromatic heterocycles. The lowest BCUT2D eigenvalue weighted by molar-refractivity contribution is -0.118. The number of benzene rings is 2. The van der Waals surface area contributed by atoms with Crippen molar-refractivity contribution in [2.24, 2.45) is 0 Å². The van der Waals surface area contributed by atoms with Gasteiger partial charge in [0.1, 0.15) is 15.4 Å². The SMILES string of the molecule is CCC(Cl)C(=O)N(Cc1nnc(Cc2ccccc2C)s1)c1ccccc1. The van der Waals surface area contributed by atoms with Crippen molar-refractivity contribution in [1.29, 1.82) is 0 Å². The van der Waals surface area contributed by atoms with Crippen molar-refractivity contribution >= 4 is 34.5 Å². The molecule has 0 aliphatic rings. The largest absolute Gasteiger partial charge is 0.304 e. The van der Waals surface area contributed by atoms with Crippen LogP contribution in [-0.2, 0) is 17.8 Å². The second kappa shape index (κ2) is 9.11. The van der Waals surface area contributed by atoms with Crippen molar-refractivity contribution in [3.63, 3.8) is 0 Å². The summed E-state index contributed by atoms with van der Waals surface area (Å²) in [5.74, 6) is -0.110. The molecular formula is C21H22ClN3OS. The molecule has 0 fully saturated rings. The Hall–Kier alpha value is -2.24. The minimum Gasteiger partial charge on any atom is -0.304 e. The van der Waals surface area contributed by atoms with Crippen molar-refractivity contribution in [3.8, 4) is 0 Å². The number of aromatic nitrogens is 2. The molecule has 3 rings (SSSR count). The molecule has 140 valence electrons. The van der Waals surface area contributed by atoms with Crippen molar-refractivity contribution in [3.05, 3.63) is 75.7 Å². The molecule has 0 N–H and O–H groups in total. The molecule has 2 aromatic carbocycles. The third kappa shape index (κ3) is 4.93. The summed E-state index contributed by atoms with van der Waals surface area (Å²) in [5.41, 5.74) is 3.29. The minimum absolute atomic E-state index is 0.110. The van der Waals surface area contributed by atoms with Crippen molar-refractivity contribution in [2.75, 3.05) is 4.90 Å². The fourth-order valence-corrected chi connectivity index (χ4v) is 3.75. The average Bonchev–Trinajstić information content (AvgIpc) is 3.14. The standard InChI is InChI=1S/C21H22ClN3OS/c1-3-18(22)21(26)25(17-11-5-4-6-12-17)14-20-24-23-19(27-20)13-16-10-8-7-9-15(16)2/h4-12,18H,3,13-14H2,1-2H3. The van der Waals surface area contributed by atoms with Crippen molar-refractivity contribution < 1.29 is 4.79 Å². The Morgan fingerprint density at radius 3 is 2.44 bits per heavy atom. The summed E-state index contributed by atoms with van der Waals surface area (Å²) in [6.45, 7) is 4.37. The van der Waals surface area contributed by atoms with Crippen LogP contribution in [0.3, 0.4) is 0 Å². The Labute approximate surface area is 168 Å². The van der Waals surface area contributed by atoms with Crippen molar-refractivity contribution in [2.45, 2.75) is 38.6 Å². The molecule has 0 bridgehead atoms. The molecule has 0 radical (unpaired) electrons. The van der Waals surface area contributed by atoms with Crippen LogP contribution in [0.4, 0.5) is 5.69 Å². The van der Waals surface area contributed by atoms with Gasteiger partial charge >= 0.3 is 0 Å². The lowest BCUT2D eigenvalue weighted by Gasteiger charge is -2.23. The van der Waals surface area contributed by atoms with Gasteiger partial charge in [-0.2, -0.15) is 0 Å². The maximum atomic E-state index is 12.8. The van der Waals surface area contributed by atoms with Crippen LogP contribution in [-0.4, -0.2) is 21.5 Å². The fraction of sp³-hybridized carbons (Fsp3) is 0.286. The van der Waals surface area contributed by atoms with E-state index in [2.05, 4.69) is 29.3 Å². The van der Waals surface area contributed by atoms with Crippen LogP contribution in [0.1, 0.15) is 34.5 Å². The Balaban J connectivity index is 1.79. The first kappa shape index (κ1) is 19.5. The van der Waals surface area contributed by atoms with E-state index in [-0.39, 0.29) is 5.91 Å². The van der Waals surface area contributed by atoms with E-state index >= 15 is 0 Å². The molecule has 1 heterocycles. The minimum atomic E-state index is -0.551. The quantitative estimate of drug-likeness (QED) is 0.526. The highest BCUT2D eigenvalue weighted by Gasteiger charge is 2.24. The van der Waals surface area contributed by atoms with E-state index in [1.54, 1.807) is 4.90 Å². The number of carbonyl (C=O) groups excluding carboxylic acids is 1. The molecule has 6 heteroatoms. The molecule has 4 nitrogen and oxygen atoms in total. The number of rotatable bonds is 7. The molecule has 1 atom stereocenters. The monoisotopic (exact) mass is 399 g/mol. The number of hydrogen-bond donors (Lipinski definition) is 0. The zero-order valence-corrected chi connectivity index (χ0v) is 17.0.